The van der Waals surface area contributed by atoms with E-state index in [1.807, 2.05) is 18.7 Å². The van der Waals surface area contributed by atoms with Gasteiger partial charge in [-0.25, -0.2) is 9.97 Å². The van der Waals surface area contributed by atoms with Gasteiger partial charge in [0.1, 0.15) is 11.5 Å². The number of aryl methyl sites for hydroxylation is 1. The van der Waals surface area contributed by atoms with Crippen LogP contribution in [0.3, 0.4) is 0 Å². The molecule has 122 valence electrons. The van der Waals surface area contributed by atoms with Crippen molar-refractivity contribution < 1.29 is 9.32 Å². The summed E-state index contributed by atoms with van der Waals surface area (Å²) in [5.74, 6) is 2.21. The van der Waals surface area contributed by atoms with E-state index in [0.717, 1.165) is 19.4 Å². The molecule has 7 heteroatoms. The molecule has 1 atom stereocenters. The van der Waals surface area contributed by atoms with Gasteiger partial charge in [0.15, 0.2) is 5.82 Å². The summed E-state index contributed by atoms with van der Waals surface area (Å²) in [4.78, 5) is 27.2. The zero-order valence-electron chi connectivity index (χ0n) is 13.7. The van der Waals surface area contributed by atoms with Crippen LogP contribution in [-0.2, 0) is 0 Å². The van der Waals surface area contributed by atoms with Crippen LogP contribution in [-0.4, -0.2) is 44.0 Å². The number of carbonyl (C=O) groups is 1. The van der Waals surface area contributed by atoms with E-state index in [-0.39, 0.29) is 17.7 Å². The molecule has 0 aliphatic carbocycles. The van der Waals surface area contributed by atoms with Gasteiger partial charge in [-0.1, -0.05) is 19.0 Å². The molecule has 1 aliphatic heterocycles. The summed E-state index contributed by atoms with van der Waals surface area (Å²) >= 11 is 0. The first-order valence-corrected chi connectivity index (χ1v) is 7.97. The smallest absolute Gasteiger partial charge is 0.272 e. The standard InChI is InChI=1S/C16H21N5O2/c1-10(2)15-19-14(20-23-15)12-5-4-8-21(9-12)16(22)13-6-7-17-11(3)18-13/h6-7,10,12H,4-5,8-9H2,1-3H3/t12-/m0/s1. The molecular formula is C16H21N5O2. The predicted molar refractivity (Wildman–Crippen MR) is 83.0 cm³/mol. The van der Waals surface area contributed by atoms with Gasteiger partial charge in [-0.05, 0) is 25.8 Å². The monoisotopic (exact) mass is 315 g/mol. The number of amides is 1. The average molecular weight is 315 g/mol. The molecule has 1 fully saturated rings. The summed E-state index contributed by atoms with van der Waals surface area (Å²) in [6.45, 7) is 7.14. The molecule has 0 aromatic carbocycles. The Hall–Kier alpha value is -2.31. The molecule has 23 heavy (non-hydrogen) atoms. The Kier molecular flexibility index (Phi) is 4.36. The third kappa shape index (κ3) is 3.38. The molecule has 0 saturated carbocycles. The van der Waals surface area contributed by atoms with Crippen LogP contribution in [0.4, 0.5) is 0 Å². The number of carbonyl (C=O) groups excluding carboxylic acids is 1. The Bertz CT molecular complexity index is 697. The first-order chi connectivity index (χ1) is 11.0. The molecule has 0 spiro atoms. The van der Waals surface area contributed by atoms with Gasteiger partial charge in [0.2, 0.25) is 5.89 Å². The number of aromatic nitrogens is 4. The SMILES string of the molecule is Cc1nccc(C(=O)N2CCC[C@H](c3noc(C(C)C)n3)C2)n1. The van der Waals surface area contributed by atoms with Crippen molar-refractivity contribution in [1.82, 2.24) is 25.0 Å². The average Bonchev–Trinajstić information content (AvgIpc) is 3.04. The third-order valence-corrected chi connectivity index (χ3v) is 4.02. The van der Waals surface area contributed by atoms with E-state index < -0.39 is 0 Å². The molecule has 3 rings (SSSR count). The highest BCUT2D eigenvalue weighted by Crippen LogP contribution is 2.26. The summed E-state index contributed by atoms with van der Waals surface area (Å²) < 4.78 is 5.29. The molecule has 7 nitrogen and oxygen atoms in total. The molecule has 1 saturated heterocycles. The number of likely N-dealkylation sites (tertiary alicyclic amines) is 1. The van der Waals surface area contributed by atoms with E-state index in [0.29, 0.717) is 29.8 Å². The Balaban J connectivity index is 1.73. The fraction of sp³-hybridized carbons (Fsp3) is 0.562. The first kappa shape index (κ1) is 15.6. The summed E-state index contributed by atoms with van der Waals surface area (Å²) in [6, 6.07) is 1.66. The maximum atomic E-state index is 12.6. The fourth-order valence-corrected chi connectivity index (χ4v) is 2.76. The minimum atomic E-state index is -0.0622. The van der Waals surface area contributed by atoms with Gasteiger partial charge in [0.05, 0.1) is 0 Å². The summed E-state index contributed by atoms with van der Waals surface area (Å²) in [6.07, 6.45) is 3.50. The normalized spacial score (nSPS) is 18.4. The van der Waals surface area contributed by atoms with Gasteiger partial charge in [-0.3, -0.25) is 4.79 Å². The number of piperidine rings is 1. The van der Waals surface area contributed by atoms with Crippen LogP contribution in [0, 0.1) is 6.92 Å². The summed E-state index contributed by atoms with van der Waals surface area (Å²) in [5.41, 5.74) is 0.439. The van der Waals surface area contributed by atoms with Gasteiger partial charge in [0, 0.05) is 31.1 Å². The van der Waals surface area contributed by atoms with Crippen molar-refractivity contribution in [3.05, 3.63) is 35.5 Å². The number of rotatable bonds is 3. The number of hydrogen-bond donors (Lipinski definition) is 0. The van der Waals surface area contributed by atoms with Crippen molar-refractivity contribution in [2.75, 3.05) is 13.1 Å². The molecule has 3 heterocycles. The lowest BCUT2D eigenvalue weighted by Crippen LogP contribution is -2.39. The van der Waals surface area contributed by atoms with Crippen LogP contribution in [0.1, 0.15) is 66.6 Å². The Labute approximate surface area is 135 Å². The number of hydrogen-bond acceptors (Lipinski definition) is 6. The van der Waals surface area contributed by atoms with Gasteiger partial charge >= 0.3 is 0 Å². The van der Waals surface area contributed by atoms with Gasteiger partial charge in [-0.15, -0.1) is 0 Å². The molecule has 0 radical (unpaired) electrons. The van der Waals surface area contributed by atoms with Gasteiger partial charge < -0.3 is 9.42 Å². The van der Waals surface area contributed by atoms with Crippen molar-refractivity contribution in [2.24, 2.45) is 0 Å². The second-order valence-electron chi connectivity index (χ2n) is 6.22. The second kappa shape index (κ2) is 6.44. The first-order valence-electron chi connectivity index (χ1n) is 7.97. The maximum Gasteiger partial charge on any atom is 0.272 e. The van der Waals surface area contributed by atoms with E-state index in [9.17, 15) is 4.79 Å². The summed E-state index contributed by atoms with van der Waals surface area (Å²) in [5, 5.41) is 4.09. The van der Waals surface area contributed by atoms with E-state index in [1.54, 1.807) is 19.2 Å². The highest BCUT2D eigenvalue weighted by Gasteiger charge is 2.29. The molecule has 0 bridgehead atoms. The van der Waals surface area contributed by atoms with Crippen molar-refractivity contribution in [3.8, 4) is 0 Å². The molecule has 0 unspecified atom stereocenters. The molecule has 1 amide bonds. The van der Waals surface area contributed by atoms with E-state index in [2.05, 4.69) is 20.1 Å². The lowest BCUT2D eigenvalue weighted by Gasteiger charge is -2.31. The van der Waals surface area contributed by atoms with Crippen LogP contribution >= 0.6 is 0 Å². The summed E-state index contributed by atoms with van der Waals surface area (Å²) in [7, 11) is 0. The van der Waals surface area contributed by atoms with E-state index in [1.165, 1.54) is 0 Å². The van der Waals surface area contributed by atoms with Crippen molar-refractivity contribution in [2.45, 2.75) is 45.4 Å². The zero-order chi connectivity index (χ0) is 16.4. The molecular weight excluding hydrogens is 294 g/mol. The third-order valence-electron chi connectivity index (χ3n) is 4.02. The van der Waals surface area contributed by atoms with Crippen LogP contribution in [0.15, 0.2) is 16.8 Å². The van der Waals surface area contributed by atoms with Gasteiger partial charge in [0.25, 0.3) is 5.91 Å². The lowest BCUT2D eigenvalue weighted by atomic mass is 9.97. The maximum absolute atomic E-state index is 12.6. The zero-order valence-corrected chi connectivity index (χ0v) is 13.7. The molecule has 0 N–H and O–H groups in total. The van der Waals surface area contributed by atoms with Crippen LogP contribution in [0.5, 0.6) is 0 Å². The van der Waals surface area contributed by atoms with Crippen LogP contribution in [0.2, 0.25) is 0 Å². The van der Waals surface area contributed by atoms with E-state index >= 15 is 0 Å². The molecule has 2 aromatic rings. The Morgan fingerprint density at radius 3 is 2.91 bits per heavy atom. The Morgan fingerprint density at radius 2 is 2.22 bits per heavy atom. The van der Waals surface area contributed by atoms with Crippen molar-refractivity contribution >= 4 is 5.91 Å². The van der Waals surface area contributed by atoms with Crippen LogP contribution < -0.4 is 0 Å². The van der Waals surface area contributed by atoms with Crippen molar-refractivity contribution in [3.63, 3.8) is 0 Å². The van der Waals surface area contributed by atoms with E-state index in [4.69, 9.17) is 4.52 Å². The molecule has 1 aliphatic rings. The van der Waals surface area contributed by atoms with Crippen molar-refractivity contribution in [1.29, 1.82) is 0 Å². The lowest BCUT2D eigenvalue weighted by molar-refractivity contribution is 0.0697. The molecule has 2 aromatic heterocycles. The Morgan fingerprint density at radius 1 is 1.39 bits per heavy atom. The quantitative estimate of drug-likeness (QED) is 0.864. The highest BCUT2D eigenvalue weighted by atomic mass is 16.5. The minimum Gasteiger partial charge on any atom is -0.339 e. The van der Waals surface area contributed by atoms with Crippen LogP contribution in [0.25, 0.3) is 0 Å². The predicted octanol–water partition coefficient (Wildman–Crippen LogP) is 2.31. The fourth-order valence-electron chi connectivity index (χ4n) is 2.76. The topological polar surface area (TPSA) is 85.0 Å². The number of nitrogens with zero attached hydrogens (tertiary/aromatic N) is 5. The highest BCUT2D eigenvalue weighted by molar-refractivity contribution is 5.92. The largest absolute Gasteiger partial charge is 0.339 e. The minimum absolute atomic E-state index is 0.0622. The second-order valence-corrected chi connectivity index (χ2v) is 6.22. The van der Waals surface area contributed by atoms with Gasteiger partial charge in [-0.2, -0.15) is 4.98 Å².